The van der Waals surface area contributed by atoms with E-state index in [0.717, 1.165) is 37.2 Å². The number of H-pyrrole nitrogens is 1. The molecule has 0 aromatic carbocycles. The molecule has 0 aliphatic heterocycles. The number of carbonyl (C=O) groups excluding carboxylic acids is 1. The van der Waals surface area contributed by atoms with Crippen molar-refractivity contribution in [3.63, 3.8) is 0 Å². The van der Waals surface area contributed by atoms with E-state index in [4.69, 9.17) is 0 Å². The van der Waals surface area contributed by atoms with Crippen molar-refractivity contribution in [1.82, 2.24) is 20.5 Å². The summed E-state index contributed by atoms with van der Waals surface area (Å²) < 4.78 is 0. The molecule has 0 spiro atoms. The van der Waals surface area contributed by atoms with Crippen molar-refractivity contribution in [1.29, 1.82) is 0 Å². The monoisotopic (exact) mass is 390 g/mol. The molecule has 1 atom stereocenters. The number of thioether (sulfide) groups is 1. The fraction of sp³-hybridized carbons (Fsp3) is 0.571. The van der Waals surface area contributed by atoms with Crippen LogP contribution >= 0.6 is 11.8 Å². The molecule has 5 nitrogen and oxygen atoms in total. The lowest BCUT2D eigenvalue weighted by molar-refractivity contribution is -0.119. The fourth-order valence-electron chi connectivity index (χ4n) is 2.54. The molecule has 1 aromatic rings. The second-order valence-corrected chi connectivity index (χ2v) is 8.20. The molecule has 0 saturated carbocycles. The van der Waals surface area contributed by atoms with E-state index in [9.17, 15) is 4.79 Å². The Hall–Kier alpha value is -1.82. The second-order valence-electron chi connectivity index (χ2n) is 7.12. The zero-order valence-electron chi connectivity index (χ0n) is 17.3. The third-order valence-electron chi connectivity index (χ3n) is 4.10. The minimum absolute atomic E-state index is 0.0598. The lowest BCUT2D eigenvalue weighted by Gasteiger charge is -2.14. The number of rotatable bonds is 12. The minimum Gasteiger partial charge on any atom is -0.345 e. The van der Waals surface area contributed by atoms with E-state index < -0.39 is 0 Å². The number of nitrogens with zero attached hydrogens (tertiary/aromatic N) is 2. The maximum Gasteiger partial charge on any atom is 0.217 e. The Kier molecular flexibility index (Phi) is 11.5. The second kappa shape index (κ2) is 13.4. The topological polar surface area (TPSA) is 70.7 Å². The third-order valence-corrected chi connectivity index (χ3v) is 5.07. The Morgan fingerprint density at radius 1 is 1.11 bits per heavy atom. The molecular formula is C21H34N4OS. The van der Waals surface area contributed by atoms with Gasteiger partial charge in [0.1, 0.15) is 12.2 Å². The van der Waals surface area contributed by atoms with Gasteiger partial charge in [0.15, 0.2) is 0 Å². The summed E-state index contributed by atoms with van der Waals surface area (Å²) in [7, 11) is 0. The number of hydrogen-bond donors (Lipinski definition) is 2. The van der Waals surface area contributed by atoms with Crippen molar-refractivity contribution in [2.45, 2.75) is 66.3 Å². The summed E-state index contributed by atoms with van der Waals surface area (Å²) in [5, 5.41) is 9.62. The summed E-state index contributed by atoms with van der Waals surface area (Å²) >= 11 is 1.78. The SMILES string of the molecule is CC(=O)NC(CSCC=C(C)CCC=C(C)CCC=C(C)C)c1ncn[nH]1. The van der Waals surface area contributed by atoms with Crippen molar-refractivity contribution in [3.8, 4) is 0 Å². The quantitative estimate of drug-likeness (QED) is 0.383. The van der Waals surface area contributed by atoms with Gasteiger partial charge in [-0.3, -0.25) is 9.89 Å². The van der Waals surface area contributed by atoms with Gasteiger partial charge in [-0.1, -0.05) is 34.9 Å². The molecule has 2 N–H and O–H groups in total. The number of nitrogens with one attached hydrogen (secondary N) is 2. The average Bonchev–Trinajstić information content (AvgIpc) is 3.11. The zero-order chi connectivity index (χ0) is 20.1. The first-order valence-corrected chi connectivity index (χ1v) is 10.7. The Bertz CT molecular complexity index is 643. The normalized spacial score (nSPS) is 13.4. The van der Waals surface area contributed by atoms with Crippen molar-refractivity contribution in [3.05, 3.63) is 47.1 Å². The van der Waals surface area contributed by atoms with Crippen molar-refractivity contribution >= 4 is 17.7 Å². The molecule has 0 aliphatic rings. The molecule has 0 saturated heterocycles. The Labute approximate surface area is 168 Å². The van der Waals surface area contributed by atoms with E-state index in [0.29, 0.717) is 5.82 Å². The van der Waals surface area contributed by atoms with Crippen LogP contribution in [0.15, 0.2) is 41.3 Å². The van der Waals surface area contributed by atoms with Gasteiger partial charge in [-0.05, 0) is 53.4 Å². The van der Waals surface area contributed by atoms with E-state index >= 15 is 0 Å². The fourth-order valence-corrected chi connectivity index (χ4v) is 3.56. The summed E-state index contributed by atoms with van der Waals surface area (Å²) in [4.78, 5) is 15.5. The molecule has 6 heteroatoms. The summed E-state index contributed by atoms with van der Waals surface area (Å²) in [6.07, 6.45) is 12.9. The van der Waals surface area contributed by atoms with Gasteiger partial charge in [0.2, 0.25) is 5.91 Å². The number of allylic oxidation sites excluding steroid dienone is 5. The van der Waals surface area contributed by atoms with Crippen LogP contribution in [0.2, 0.25) is 0 Å². The van der Waals surface area contributed by atoms with Gasteiger partial charge in [0, 0.05) is 18.4 Å². The van der Waals surface area contributed by atoms with Crippen molar-refractivity contribution in [2.24, 2.45) is 0 Å². The van der Waals surface area contributed by atoms with Crippen LogP contribution in [0.4, 0.5) is 0 Å². The molecule has 1 rings (SSSR count). The van der Waals surface area contributed by atoms with Gasteiger partial charge >= 0.3 is 0 Å². The van der Waals surface area contributed by atoms with Crippen LogP contribution in [0.25, 0.3) is 0 Å². The largest absolute Gasteiger partial charge is 0.345 e. The summed E-state index contributed by atoms with van der Waals surface area (Å²) in [5.41, 5.74) is 4.27. The van der Waals surface area contributed by atoms with Crippen LogP contribution < -0.4 is 5.32 Å². The number of aromatic nitrogens is 3. The van der Waals surface area contributed by atoms with Crippen LogP contribution in [-0.4, -0.2) is 32.6 Å². The third kappa shape index (κ3) is 11.5. The Morgan fingerprint density at radius 2 is 1.78 bits per heavy atom. The number of amides is 1. The molecule has 1 unspecified atom stereocenters. The maximum absolute atomic E-state index is 11.4. The van der Waals surface area contributed by atoms with Gasteiger partial charge < -0.3 is 5.32 Å². The van der Waals surface area contributed by atoms with Crippen LogP contribution in [0, 0.1) is 0 Å². The van der Waals surface area contributed by atoms with Crippen molar-refractivity contribution in [2.75, 3.05) is 11.5 Å². The van der Waals surface area contributed by atoms with Gasteiger partial charge in [0.25, 0.3) is 0 Å². The van der Waals surface area contributed by atoms with Gasteiger partial charge in [-0.25, -0.2) is 4.98 Å². The molecule has 0 fully saturated rings. The highest BCUT2D eigenvalue weighted by Gasteiger charge is 2.15. The average molecular weight is 391 g/mol. The highest BCUT2D eigenvalue weighted by molar-refractivity contribution is 7.99. The van der Waals surface area contributed by atoms with Crippen LogP contribution in [0.5, 0.6) is 0 Å². The van der Waals surface area contributed by atoms with E-state index in [1.807, 2.05) is 0 Å². The molecule has 1 heterocycles. The standard InChI is InChI=1S/C21H34N4OS/c1-16(2)8-6-9-17(3)10-7-11-18(4)12-13-27-14-20(24-19(5)26)21-22-15-23-25-21/h8,10,12,15,20H,6-7,9,11,13-14H2,1-5H3,(H,24,26)(H,22,23,25). The molecule has 0 bridgehead atoms. The highest BCUT2D eigenvalue weighted by Crippen LogP contribution is 2.16. The molecular weight excluding hydrogens is 356 g/mol. The van der Waals surface area contributed by atoms with E-state index in [1.165, 1.54) is 30.0 Å². The predicted molar refractivity (Wildman–Crippen MR) is 116 cm³/mol. The van der Waals surface area contributed by atoms with Gasteiger partial charge in [-0.2, -0.15) is 16.9 Å². The minimum atomic E-state index is -0.130. The molecule has 0 aliphatic carbocycles. The first-order chi connectivity index (χ1) is 12.9. The first kappa shape index (κ1) is 23.2. The molecule has 1 aromatic heterocycles. The van der Waals surface area contributed by atoms with Crippen LogP contribution in [0.3, 0.4) is 0 Å². The van der Waals surface area contributed by atoms with Crippen molar-refractivity contribution < 1.29 is 4.79 Å². The van der Waals surface area contributed by atoms with E-state index in [-0.39, 0.29) is 11.9 Å². The number of hydrogen-bond acceptors (Lipinski definition) is 4. The van der Waals surface area contributed by atoms with Crippen LogP contribution in [-0.2, 0) is 4.79 Å². The zero-order valence-corrected chi connectivity index (χ0v) is 18.2. The Morgan fingerprint density at radius 3 is 2.37 bits per heavy atom. The first-order valence-electron chi connectivity index (χ1n) is 9.53. The predicted octanol–water partition coefficient (Wildman–Crippen LogP) is 5.13. The maximum atomic E-state index is 11.4. The van der Waals surface area contributed by atoms with E-state index in [2.05, 4.69) is 66.4 Å². The molecule has 1 amide bonds. The lowest BCUT2D eigenvalue weighted by atomic mass is 10.1. The number of carbonyl (C=O) groups is 1. The Balaban J connectivity index is 2.31. The van der Waals surface area contributed by atoms with Crippen LogP contribution in [0.1, 0.15) is 72.2 Å². The summed E-state index contributed by atoms with van der Waals surface area (Å²) in [5.74, 6) is 2.34. The number of aromatic amines is 1. The van der Waals surface area contributed by atoms with Gasteiger partial charge in [0.05, 0.1) is 6.04 Å². The smallest absolute Gasteiger partial charge is 0.217 e. The highest BCUT2D eigenvalue weighted by atomic mass is 32.2. The summed E-state index contributed by atoms with van der Waals surface area (Å²) in [6.45, 7) is 10.2. The van der Waals surface area contributed by atoms with Gasteiger partial charge in [-0.15, -0.1) is 0 Å². The summed E-state index contributed by atoms with van der Waals surface area (Å²) in [6, 6.07) is -0.130. The molecule has 150 valence electrons. The molecule has 27 heavy (non-hydrogen) atoms. The molecule has 0 radical (unpaired) electrons. The lowest BCUT2D eigenvalue weighted by Crippen LogP contribution is -2.28. The van der Waals surface area contributed by atoms with E-state index in [1.54, 1.807) is 11.8 Å².